The van der Waals surface area contributed by atoms with Crippen molar-refractivity contribution in [3.63, 3.8) is 0 Å². The Kier molecular flexibility index (Phi) is 22.0. The molecule has 0 atom stereocenters. The number of carbonyl (C=O) groups is 4. The standard InChI is InChI=1S/C55H59N15O10S4/c1-9-69(10-2)43-27-39(41(29-45(43)79-7)65-67-53-56-31-36(82-53)25-37(32(5)72)48(74)57-34-19-15-13-16-20-34)59-51-62-52(64-54(63-51)81-24-23-71)60-40-28-44(70(11-3)12-4)46(80-8)30-42(40)66-68-55-61-50(84(76,77)78)47(83-55)26-38(33(6)73)49(75)58-35-21-17-14-18-22-35/h13-22,25-31,71H,9-12,23-24H2,1-8H3,(H,57,74)(H,58,75)(H,76,77,78)(H2,59,60,62,63,64)/b37-25+,38-26-,67-65?,68-66?. The number of aliphatic hydroxyl groups is 1. The van der Waals surface area contributed by atoms with Crippen LogP contribution in [0.25, 0.3) is 12.2 Å². The third-order valence-electron chi connectivity index (χ3n) is 12.0. The van der Waals surface area contributed by atoms with Crippen LogP contribution in [-0.4, -0.2) is 119 Å². The lowest BCUT2D eigenvalue weighted by molar-refractivity contribution is -0.120. The van der Waals surface area contributed by atoms with Gasteiger partial charge in [-0.1, -0.05) is 70.8 Å². The molecule has 0 aliphatic carbocycles. The van der Waals surface area contributed by atoms with Crippen molar-refractivity contribution in [3.05, 3.63) is 112 Å². The number of amides is 2. The van der Waals surface area contributed by atoms with Crippen molar-refractivity contribution in [1.29, 1.82) is 0 Å². The largest absolute Gasteiger partial charge is 0.494 e. The van der Waals surface area contributed by atoms with Crippen LogP contribution in [0.3, 0.4) is 0 Å². The number of nitrogens with one attached hydrogen (secondary N) is 4. The van der Waals surface area contributed by atoms with Gasteiger partial charge in [0.05, 0.1) is 64.5 Å². The van der Waals surface area contributed by atoms with Gasteiger partial charge in [-0.05, 0) is 90.1 Å². The summed E-state index contributed by atoms with van der Waals surface area (Å²) in [5, 5.41) is 38.8. The molecule has 0 saturated heterocycles. The topological polar surface area (TPSA) is 330 Å². The monoisotopic (exact) mass is 1220 g/mol. The van der Waals surface area contributed by atoms with Crippen LogP contribution in [0.1, 0.15) is 51.3 Å². The lowest BCUT2D eigenvalue weighted by Gasteiger charge is -2.25. The molecule has 2 amide bonds. The molecule has 4 aromatic carbocycles. The first kappa shape index (κ1) is 62.7. The van der Waals surface area contributed by atoms with E-state index in [1.165, 1.54) is 33.4 Å². The normalized spacial score (nSPS) is 11.9. The van der Waals surface area contributed by atoms with Gasteiger partial charge in [-0.15, -0.1) is 20.5 Å². The van der Waals surface area contributed by atoms with Crippen LogP contribution in [0, 0.1) is 0 Å². The number of hydrogen-bond acceptors (Lipinski definition) is 25. The van der Waals surface area contributed by atoms with Crippen molar-refractivity contribution >= 4 is 148 Å². The summed E-state index contributed by atoms with van der Waals surface area (Å²) in [6.07, 6.45) is 3.92. The highest BCUT2D eigenvalue weighted by Crippen LogP contribution is 2.43. The summed E-state index contributed by atoms with van der Waals surface area (Å²) in [4.78, 5) is 78.8. The van der Waals surface area contributed by atoms with Crippen molar-refractivity contribution in [2.75, 3.05) is 83.8 Å². The van der Waals surface area contributed by atoms with Gasteiger partial charge in [-0.3, -0.25) is 23.7 Å². The number of thioether (sulfide) groups is 1. The zero-order chi connectivity index (χ0) is 60.5. The number of ether oxygens (including phenoxy) is 2. The quantitative estimate of drug-likeness (QED) is 0.00663. The van der Waals surface area contributed by atoms with E-state index in [1.807, 2.05) is 44.7 Å². The van der Waals surface area contributed by atoms with Crippen LogP contribution in [0.15, 0.2) is 133 Å². The Morgan fingerprint density at radius 3 is 1.57 bits per heavy atom. The van der Waals surface area contributed by atoms with Crippen molar-refractivity contribution in [2.24, 2.45) is 20.5 Å². The zero-order valence-corrected chi connectivity index (χ0v) is 50.0. The molecule has 0 unspecified atom stereocenters. The first-order valence-corrected chi connectivity index (χ1v) is 29.9. The van der Waals surface area contributed by atoms with Crippen molar-refractivity contribution in [3.8, 4) is 11.5 Å². The summed E-state index contributed by atoms with van der Waals surface area (Å²) in [6.45, 7) is 12.5. The predicted octanol–water partition coefficient (Wildman–Crippen LogP) is 11.4. The first-order valence-electron chi connectivity index (χ1n) is 25.8. The van der Waals surface area contributed by atoms with Crippen LogP contribution in [0.2, 0.25) is 0 Å². The fourth-order valence-corrected chi connectivity index (χ4v) is 10.9. The summed E-state index contributed by atoms with van der Waals surface area (Å²) < 4.78 is 47.4. The van der Waals surface area contributed by atoms with Crippen LogP contribution in [-0.2, 0) is 29.3 Å². The molecule has 7 rings (SSSR count). The van der Waals surface area contributed by atoms with E-state index in [2.05, 4.69) is 66.6 Å². The lowest BCUT2D eigenvalue weighted by atomic mass is 10.1. The number of Topliss-reactive ketones (excluding diaryl/α,β-unsaturated/α-hetero) is 2. The molecule has 29 heteroatoms. The number of aliphatic hydroxyl groups excluding tert-OH is 1. The summed E-state index contributed by atoms with van der Waals surface area (Å²) in [7, 11) is -2.02. The number of benzene rings is 4. The molecule has 25 nitrogen and oxygen atoms in total. The average Bonchev–Trinajstić information content (AvgIpc) is 4.29. The van der Waals surface area contributed by atoms with E-state index in [1.54, 1.807) is 72.8 Å². The Labute approximate surface area is 496 Å². The van der Waals surface area contributed by atoms with E-state index in [9.17, 15) is 37.3 Å². The number of para-hydroxylation sites is 2. The van der Waals surface area contributed by atoms with Gasteiger partial charge in [-0.25, -0.2) is 9.97 Å². The van der Waals surface area contributed by atoms with Gasteiger partial charge < -0.3 is 45.6 Å². The Morgan fingerprint density at radius 2 is 1.13 bits per heavy atom. The maximum atomic E-state index is 13.3. The Bertz CT molecular complexity index is 3760. The predicted molar refractivity (Wildman–Crippen MR) is 327 cm³/mol. The second-order valence-corrected chi connectivity index (χ2v) is 21.9. The van der Waals surface area contributed by atoms with Crippen molar-refractivity contribution < 1.29 is 46.7 Å². The van der Waals surface area contributed by atoms with E-state index < -0.39 is 44.1 Å². The summed E-state index contributed by atoms with van der Waals surface area (Å²) in [6, 6.07) is 23.9. The minimum absolute atomic E-state index is 0.00710. The molecule has 3 heterocycles. The molecule has 0 radical (unpaired) electrons. The number of ketones is 2. The van der Waals surface area contributed by atoms with E-state index in [4.69, 9.17) is 14.5 Å². The molecule has 0 bridgehead atoms. The lowest BCUT2D eigenvalue weighted by Crippen LogP contribution is -2.22. The smallest absolute Gasteiger partial charge is 0.313 e. The van der Waals surface area contributed by atoms with Crippen LogP contribution < -0.4 is 40.5 Å². The number of nitrogens with zero attached hydrogens (tertiary/aromatic N) is 11. The molecular weight excluding hydrogens is 1160 g/mol. The Morgan fingerprint density at radius 1 is 0.655 bits per heavy atom. The van der Waals surface area contributed by atoms with Crippen molar-refractivity contribution in [2.45, 2.75) is 51.7 Å². The van der Waals surface area contributed by atoms with Gasteiger partial charge >= 0.3 is 10.1 Å². The number of hydrogen-bond donors (Lipinski definition) is 6. The number of methoxy groups -OCH3 is 2. The maximum absolute atomic E-state index is 13.3. The fraction of sp³-hybridized carbons (Fsp3) is 0.255. The number of rotatable bonds is 28. The molecule has 3 aromatic heterocycles. The highest BCUT2D eigenvalue weighted by molar-refractivity contribution is 7.99. The number of azo groups is 2. The van der Waals surface area contributed by atoms with Gasteiger partial charge in [0, 0.05) is 61.6 Å². The number of carbonyl (C=O) groups excluding carboxylic acids is 4. The van der Waals surface area contributed by atoms with Gasteiger partial charge in [0.1, 0.15) is 22.9 Å². The highest BCUT2D eigenvalue weighted by Gasteiger charge is 2.26. The number of aromatic nitrogens is 5. The van der Waals surface area contributed by atoms with E-state index >= 15 is 0 Å². The van der Waals surface area contributed by atoms with Gasteiger partial charge in [0.2, 0.25) is 27.2 Å². The SMILES string of the molecule is CCN(CC)c1cc(Nc2nc(Nc3cc(N(CC)CC)c(OC)cc3N=Nc3nc(S(=O)(=O)O)c(/C=C(/C(C)=O)C(=O)Nc4ccccc4)s3)nc(SCCO)n2)c(N=Nc2ncc(/C=C(\C(C)=O)C(=O)Nc3ccccc3)s2)cc1OC. The van der Waals surface area contributed by atoms with Crippen LogP contribution in [0.5, 0.6) is 11.5 Å². The minimum atomic E-state index is -5.04. The Hall–Kier alpha value is -8.87. The zero-order valence-electron chi connectivity index (χ0n) is 46.8. The molecular formula is C55H59N15O10S4. The summed E-state index contributed by atoms with van der Waals surface area (Å²) in [5.74, 6) is -1.47. The second-order valence-electron chi connectivity index (χ2n) is 17.5. The second kappa shape index (κ2) is 29.4. The molecule has 0 aliphatic heterocycles. The molecule has 6 N–H and O–H groups in total. The molecule has 0 aliphatic rings. The van der Waals surface area contributed by atoms with Gasteiger partial charge in [-0.2, -0.15) is 23.4 Å². The summed E-state index contributed by atoms with van der Waals surface area (Å²) in [5.41, 5.74) is 2.77. The van der Waals surface area contributed by atoms with Crippen molar-refractivity contribution in [1.82, 2.24) is 24.9 Å². The van der Waals surface area contributed by atoms with Crippen LogP contribution in [0.4, 0.5) is 67.7 Å². The minimum Gasteiger partial charge on any atom is -0.494 e. The van der Waals surface area contributed by atoms with Crippen LogP contribution >= 0.6 is 34.4 Å². The van der Waals surface area contributed by atoms with E-state index in [0.717, 1.165) is 36.1 Å². The fourth-order valence-electron chi connectivity index (χ4n) is 7.92. The number of anilines is 8. The molecule has 438 valence electrons. The Balaban J connectivity index is 1.28. The molecule has 0 spiro atoms. The van der Waals surface area contributed by atoms with Gasteiger partial charge in [0.25, 0.3) is 11.8 Å². The maximum Gasteiger partial charge on any atom is 0.313 e. The summed E-state index contributed by atoms with van der Waals surface area (Å²) >= 11 is 2.87. The molecule has 84 heavy (non-hydrogen) atoms. The third kappa shape index (κ3) is 16.4. The molecule has 0 saturated carbocycles. The number of thiazole rings is 2. The van der Waals surface area contributed by atoms with Gasteiger partial charge in [0.15, 0.2) is 16.7 Å². The van der Waals surface area contributed by atoms with E-state index in [0.29, 0.717) is 82.3 Å². The van der Waals surface area contributed by atoms with E-state index in [-0.39, 0.29) is 67.2 Å². The third-order valence-corrected chi connectivity index (χ3v) is 15.4. The first-order chi connectivity index (χ1) is 40.4. The average molecular weight is 1220 g/mol. The molecule has 0 fully saturated rings. The molecule has 7 aromatic rings. The highest BCUT2D eigenvalue weighted by atomic mass is 32.2.